The van der Waals surface area contributed by atoms with E-state index in [2.05, 4.69) is 49.1 Å². The Labute approximate surface area is 105 Å². The number of pyridine rings is 1. The first-order valence-electron chi connectivity index (χ1n) is 6.52. The van der Waals surface area contributed by atoms with Crippen LogP contribution >= 0.6 is 0 Å². The van der Waals surface area contributed by atoms with Crippen molar-refractivity contribution in [3.05, 3.63) is 30.1 Å². The van der Waals surface area contributed by atoms with E-state index in [1.807, 2.05) is 18.3 Å². The van der Waals surface area contributed by atoms with Gasteiger partial charge in [0.25, 0.3) is 0 Å². The highest BCUT2D eigenvalue weighted by atomic mass is 15.2. The predicted octanol–water partition coefficient (Wildman–Crippen LogP) is 2.29. The van der Waals surface area contributed by atoms with Gasteiger partial charge in [-0.15, -0.1) is 0 Å². The van der Waals surface area contributed by atoms with Gasteiger partial charge in [-0.1, -0.05) is 19.9 Å². The van der Waals surface area contributed by atoms with E-state index in [4.69, 9.17) is 0 Å². The van der Waals surface area contributed by atoms with Crippen molar-refractivity contribution < 1.29 is 0 Å². The van der Waals surface area contributed by atoms with Crippen LogP contribution in [0.2, 0.25) is 0 Å². The molecule has 0 fully saturated rings. The molecule has 0 aliphatic heterocycles. The Morgan fingerprint density at radius 3 is 2.65 bits per heavy atom. The van der Waals surface area contributed by atoms with Gasteiger partial charge in [0.1, 0.15) is 0 Å². The van der Waals surface area contributed by atoms with Gasteiger partial charge in [0.05, 0.1) is 5.69 Å². The summed E-state index contributed by atoms with van der Waals surface area (Å²) < 4.78 is 0. The van der Waals surface area contributed by atoms with Crippen molar-refractivity contribution in [1.82, 2.24) is 15.2 Å². The lowest BCUT2D eigenvalue weighted by atomic mass is 10.1. The summed E-state index contributed by atoms with van der Waals surface area (Å²) in [5, 5.41) is 3.54. The molecular formula is C14H25N3. The summed E-state index contributed by atoms with van der Waals surface area (Å²) in [4.78, 5) is 6.73. The zero-order chi connectivity index (χ0) is 12.7. The molecule has 1 heterocycles. The zero-order valence-corrected chi connectivity index (χ0v) is 11.5. The van der Waals surface area contributed by atoms with Crippen LogP contribution in [0.4, 0.5) is 0 Å². The number of hydrogen-bond donors (Lipinski definition) is 1. The Morgan fingerprint density at radius 1 is 1.35 bits per heavy atom. The lowest BCUT2D eigenvalue weighted by Gasteiger charge is -2.31. The molecule has 96 valence electrons. The van der Waals surface area contributed by atoms with E-state index in [1.165, 1.54) is 0 Å². The van der Waals surface area contributed by atoms with Crippen LogP contribution in [0.5, 0.6) is 0 Å². The van der Waals surface area contributed by atoms with Crippen molar-refractivity contribution in [3.63, 3.8) is 0 Å². The van der Waals surface area contributed by atoms with Crippen LogP contribution in [0.15, 0.2) is 24.4 Å². The van der Waals surface area contributed by atoms with E-state index < -0.39 is 0 Å². The van der Waals surface area contributed by atoms with Crippen molar-refractivity contribution in [2.24, 2.45) is 0 Å². The largest absolute Gasteiger partial charge is 0.313 e. The molecule has 0 aliphatic rings. The molecule has 0 saturated heterocycles. The first kappa shape index (κ1) is 14.1. The molecule has 1 rings (SSSR count). The maximum absolute atomic E-state index is 4.37. The second-order valence-electron chi connectivity index (χ2n) is 4.55. The Morgan fingerprint density at radius 2 is 2.12 bits per heavy atom. The van der Waals surface area contributed by atoms with Crippen LogP contribution in [-0.4, -0.2) is 35.6 Å². The summed E-state index contributed by atoms with van der Waals surface area (Å²) in [5.74, 6) is 0. The van der Waals surface area contributed by atoms with E-state index in [0.29, 0.717) is 12.1 Å². The molecule has 1 aromatic heterocycles. The van der Waals surface area contributed by atoms with E-state index in [1.54, 1.807) is 0 Å². The molecule has 0 spiro atoms. The van der Waals surface area contributed by atoms with Crippen molar-refractivity contribution in [1.29, 1.82) is 0 Å². The summed E-state index contributed by atoms with van der Waals surface area (Å²) >= 11 is 0. The smallest absolute Gasteiger partial charge is 0.0543 e. The minimum absolute atomic E-state index is 0.516. The first-order chi connectivity index (χ1) is 8.19. The lowest BCUT2D eigenvalue weighted by molar-refractivity contribution is 0.195. The second-order valence-corrected chi connectivity index (χ2v) is 4.55. The molecule has 0 radical (unpaired) electrons. The first-order valence-corrected chi connectivity index (χ1v) is 6.52. The Balaban J connectivity index is 2.54. The third-order valence-electron chi connectivity index (χ3n) is 3.32. The Bertz CT molecular complexity index is 300. The number of likely N-dealkylation sites (N-methyl/N-ethyl adjacent to an activating group) is 2. The molecular weight excluding hydrogens is 210 g/mol. The SMILES string of the molecule is CCNC(CC)C(C)N(C)Cc1ccccn1. The summed E-state index contributed by atoms with van der Waals surface area (Å²) in [6.07, 6.45) is 3.01. The molecule has 0 amide bonds. The molecule has 1 aromatic rings. The highest BCUT2D eigenvalue weighted by Crippen LogP contribution is 2.09. The van der Waals surface area contributed by atoms with Gasteiger partial charge in [-0.2, -0.15) is 0 Å². The topological polar surface area (TPSA) is 28.2 Å². The van der Waals surface area contributed by atoms with Crippen LogP contribution in [0.25, 0.3) is 0 Å². The third kappa shape index (κ3) is 4.44. The van der Waals surface area contributed by atoms with Crippen molar-refractivity contribution in [3.8, 4) is 0 Å². The summed E-state index contributed by atoms with van der Waals surface area (Å²) in [6.45, 7) is 8.61. The number of nitrogens with one attached hydrogen (secondary N) is 1. The van der Waals surface area contributed by atoms with Gasteiger partial charge in [-0.25, -0.2) is 0 Å². The summed E-state index contributed by atoms with van der Waals surface area (Å²) in [6, 6.07) is 7.15. The molecule has 0 bridgehead atoms. The molecule has 17 heavy (non-hydrogen) atoms. The summed E-state index contributed by atoms with van der Waals surface area (Å²) in [7, 11) is 2.17. The number of aromatic nitrogens is 1. The normalized spacial score (nSPS) is 14.9. The van der Waals surface area contributed by atoms with E-state index in [-0.39, 0.29) is 0 Å². The van der Waals surface area contributed by atoms with E-state index >= 15 is 0 Å². The fraction of sp³-hybridized carbons (Fsp3) is 0.643. The predicted molar refractivity (Wildman–Crippen MR) is 72.9 cm³/mol. The van der Waals surface area contributed by atoms with E-state index in [0.717, 1.165) is 25.2 Å². The van der Waals surface area contributed by atoms with Gasteiger partial charge in [-0.3, -0.25) is 9.88 Å². The quantitative estimate of drug-likeness (QED) is 0.786. The fourth-order valence-electron chi connectivity index (χ4n) is 2.12. The highest BCUT2D eigenvalue weighted by molar-refractivity contribution is 5.03. The molecule has 2 atom stereocenters. The third-order valence-corrected chi connectivity index (χ3v) is 3.32. The van der Waals surface area contributed by atoms with Gasteiger partial charge < -0.3 is 5.32 Å². The number of nitrogens with zero attached hydrogens (tertiary/aromatic N) is 2. The molecule has 3 heteroatoms. The van der Waals surface area contributed by atoms with Gasteiger partial charge >= 0.3 is 0 Å². The standard InChI is InChI=1S/C14H25N3/c1-5-14(15-6-2)12(3)17(4)11-13-9-7-8-10-16-13/h7-10,12,14-15H,5-6,11H2,1-4H3. The van der Waals surface area contributed by atoms with Gasteiger partial charge in [0.2, 0.25) is 0 Å². The molecule has 2 unspecified atom stereocenters. The minimum atomic E-state index is 0.516. The molecule has 0 aliphatic carbocycles. The van der Waals surface area contributed by atoms with E-state index in [9.17, 15) is 0 Å². The lowest BCUT2D eigenvalue weighted by Crippen LogP contribution is -2.46. The summed E-state index contributed by atoms with van der Waals surface area (Å²) in [5.41, 5.74) is 1.13. The van der Waals surface area contributed by atoms with Crippen molar-refractivity contribution in [2.75, 3.05) is 13.6 Å². The number of rotatable bonds is 7. The van der Waals surface area contributed by atoms with Gasteiger partial charge in [0.15, 0.2) is 0 Å². The molecule has 0 saturated carbocycles. The maximum Gasteiger partial charge on any atom is 0.0543 e. The Hall–Kier alpha value is -0.930. The van der Waals surface area contributed by atoms with Gasteiger partial charge in [0, 0.05) is 24.8 Å². The average molecular weight is 235 g/mol. The zero-order valence-electron chi connectivity index (χ0n) is 11.5. The molecule has 3 nitrogen and oxygen atoms in total. The molecule has 1 N–H and O–H groups in total. The number of hydrogen-bond acceptors (Lipinski definition) is 3. The van der Waals surface area contributed by atoms with Crippen LogP contribution in [-0.2, 0) is 6.54 Å². The fourth-order valence-corrected chi connectivity index (χ4v) is 2.12. The van der Waals surface area contributed by atoms with Crippen LogP contribution in [0, 0.1) is 0 Å². The maximum atomic E-state index is 4.37. The minimum Gasteiger partial charge on any atom is -0.313 e. The highest BCUT2D eigenvalue weighted by Gasteiger charge is 2.18. The van der Waals surface area contributed by atoms with Crippen molar-refractivity contribution >= 4 is 0 Å². The second kappa shape index (κ2) is 7.41. The van der Waals surface area contributed by atoms with Crippen LogP contribution in [0.1, 0.15) is 32.9 Å². The average Bonchev–Trinajstić information content (AvgIpc) is 2.36. The van der Waals surface area contributed by atoms with Gasteiger partial charge in [-0.05, 0) is 39.1 Å². The molecule has 0 aromatic carbocycles. The van der Waals surface area contributed by atoms with Crippen molar-refractivity contribution in [2.45, 2.75) is 45.8 Å². The van der Waals surface area contributed by atoms with Crippen LogP contribution in [0.3, 0.4) is 0 Å². The Kier molecular flexibility index (Phi) is 6.16. The van der Waals surface area contributed by atoms with Crippen LogP contribution < -0.4 is 5.32 Å². The monoisotopic (exact) mass is 235 g/mol.